The number of nitrogens with one attached hydrogen (secondary N) is 4. The van der Waals surface area contributed by atoms with Crippen molar-refractivity contribution in [3.8, 4) is 12.3 Å². The van der Waals surface area contributed by atoms with Crippen LogP contribution in [0.5, 0.6) is 0 Å². The van der Waals surface area contributed by atoms with Crippen molar-refractivity contribution in [2.45, 2.75) is 51.0 Å². The molecule has 4 N–H and O–H groups in total. The quantitative estimate of drug-likeness (QED) is 0.295. The topological polar surface area (TPSA) is 110 Å². The number of rotatable bonds is 8. The number of benzene rings is 1. The Bertz CT molecular complexity index is 1430. The normalized spacial score (nSPS) is 18.1. The Kier molecular flexibility index (Phi) is 8.05. The highest BCUT2D eigenvalue weighted by molar-refractivity contribution is 5.91. The van der Waals surface area contributed by atoms with Crippen molar-refractivity contribution < 1.29 is 4.79 Å². The molecule has 1 aromatic carbocycles. The third kappa shape index (κ3) is 6.46. The van der Waals surface area contributed by atoms with Crippen molar-refractivity contribution in [1.82, 2.24) is 25.2 Å². The number of terminal acetylenes is 1. The Balaban J connectivity index is 1.22. The van der Waals surface area contributed by atoms with Gasteiger partial charge in [0, 0.05) is 56.2 Å². The maximum absolute atomic E-state index is 12.5. The number of pyridine rings is 1. The zero-order valence-electron chi connectivity index (χ0n) is 23.7. The number of fused-ring (bicyclic) bond motifs is 1. The number of hydrogen-bond acceptors (Lipinski definition) is 8. The first-order chi connectivity index (χ1) is 20.0. The van der Waals surface area contributed by atoms with Crippen LogP contribution in [0.25, 0.3) is 11.0 Å². The molecule has 214 valence electrons. The van der Waals surface area contributed by atoms with Crippen LogP contribution in [0.2, 0.25) is 0 Å². The molecule has 10 nitrogen and oxygen atoms in total. The van der Waals surface area contributed by atoms with Crippen LogP contribution in [0.1, 0.15) is 50.5 Å². The van der Waals surface area contributed by atoms with Gasteiger partial charge in [0.25, 0.3) is 0 Å². The van der Waals surface area contributed by atoms with Gasteiger partial charge in [-0.15, -0.1) is 6.42 Å². The van der Waals surface area contributed by atoms with Gasteiger partial charge in [0.1, 0.15) is 5.82 Å². The van der Waals surface area contributed by atoms with E-state index in [1.165, 1.54) is 24.9 Å². The molecule has 1 aliphatic heterocycles. The molecule has 2 aliphatic carbocycles. The largest absolute Gasteiger partial charge is 0.383 e. The number of urea groups is 1. The highest BCUT2D eigenvalue weighted by Crippen LogP contribution is 2.33. The van der Waals surface area contributed by atoms with E-state index in [-0.39, 0.29) is 12.1 Å². The summed E-state index contributed by atoms with van der Waals surface area (Å²) < 4.78 is 0. The van der Waals surface area contributed by atoms with E-state index < -0.39 is 0 Å². The minimum absolute atomic E-state index is 0.205. The maximum Gasteiger partial charge on any atom is 0.320 e. The summed E-state index contributed by atoms with van der Waals surface area (Å²) in [6, 6.07) is 8.01. The van der Waals surface area contributed by atoms with E-state index in [9.17, 15) is 4.79 Å². The Morgan fingerprint density at radius 2 is 1.85 bits per heavy atom. The summed E-state index contributed by atoms with van der Waals surface area (Å²) in [5.74, 6) is 4.20. The molecule has 0 atom stereocenters. The average molecular weight is 554 g/mol. The van der Waals surface area contributed by atoms with Crippen molar-refractivity contribution >= 4 is 45.9 Å². The number of nitrogens with zero attached hydrogens (tertiary/aromatic N) is 5. The number of piperazine rings is 1. The lowest BCUT2D eigenvalue weighted by atomic mass is 9.85. The van der Waals surface area contributed by atoms with Crippen molar-refractivity contribution in [3.05, 3.63) is 36.0 Å². The number of amides is 2. The fourth-order valence-electron chi connectivity index (χ4n) is 5.82. The SMILES string of the molecule is C#Cc1cc(NC(=O)NC2CCCC2)nc2nc(Nc3ccc(N4CCN(C)CC4)c(NCC4CCC4)c3)ncc12. The number of carbonyl (C=O) groups excluding carboxylic acids is 1. The molecule has 1 saturated heterocycles. The molecule has 2 aromatic heterocycles. The van der Waals surface area contributed by atoms with E-state index in [4.69, 9.17) is 6.42 Å². The molecule has 3 heterocycles. The van der Waals surface area contributed by atoms with Gasteiger partial charge < -0.3 is 25.8 Å². The lowest BCUT2D eigenvalue weighted by molar-refractivity contribution is 0.248. The minimum atomic E-state index is -0.276. The van der Waals surface area contributed by atoms with E-state index in [1.54, 1.807) is 12.3 Å². The predicted octanol–water partition coefficient (Wildman–Crippen LogP) is 4.78. The molecule has 6 rings (SSSR count). The van der Waals surface area contributed by atoms with Gasteiger partial charge in [-0.3, -0.25) is 5.32 Å². The first-order valence-corrected chi connectivity index (χ1v) is 14.8. The number of aromatic nitrogens is 3. The van der Waals surface area contributed by atoms with Crippen molar-refractivity contribution in [3.63, 3.8) is 0 Å². The molecule has 41 heavy (non-hydrogen) atoms. The summed E-state index contributed by atoms with van der Waals surface area (Å²) in [7, 11) is 2.18. The summed E-state index contributed by atoms with van der Waals surface area (Å²) in [5, 5.41) is 13.6. The lowest BCUT2D eigenvalue weighted by Crippen LogP contribution is -2.44. The van der Waals surface area contributed by atoms with Gasteiger partial charge in [0.2, 0.25) is 5.95 Å². The molecular formula is C31H39N9O. The summed E-state index contributed by atoms with van der Waals surface area (Å²) >= 11 is 0. The van der Waals surface area contributed by atoms with Gasteiger partial charge in [-0.25, -0.2) is 14.8 Å². The van der Waals surface area contributed by atoms with Crippen LogP contribution in [0, 0.1) is 18.3 Å². The standard InChI is InChI=1S/C31H39N9O/c1-3-22-17-28(37-31(41)35-23-9-4-5-10-23)36-29-25(22)20-33-30(38-29)34-24-11-12-27(40-15-13-39(2)14-16-40)26(18-24)32-19-21-7-6-8-21/h1,11-12,17-18,20-21,23,32H,4-10,13-16,19H2,2H3,(H3,33,34,35,36,37,38,41). The van der Waals surface area contributed by atoms with Crippen LogP contribution in [-0.4, -0.2) is 71.7 Å². The maximum atomic E-state index is 12.5. The third-order valence-corrected chi connectivity index (χ3v) is 8.56. The third-order valence-electron chi connectivity index (χ3n) is 8.56. The number of hydrogen-bond donors (Lipinski definition) is 4. The van der Waals surface area contributed by atoms with Crippen LogP contribution in [0.3, 0.4) is 0 Å². The summed E-state index contributed by atoms with van der Waals surface area (Å²) in [6.45, 7) is 5.11. The first-order valence-electron chi connectivity index (χ1n) is 14.8. The van der Waals surface area contributed by atoms with Gasteiger partial charge >= 0.3 is 6.03 Å². The molecule has 2 amide bonds. The lowest BCUT2D eigenvalue weighted by Gasteiger charge is -2.36. The van der Waals surface area contributed by atoms with Crippen LogP contribution in [0.15, 0.2) is 30.5 Å². The Labute approximate surface area is 241 Å². The van der Waals surface area contributed by atoms with Gasteiger partial charge in [-0.05, 0) is 62.9 Å². The molecule has 0 unspecified atom stereocenters. The van der Waals surface area contributed by atoms with Crippen LogP contribution in [0.4, 0.5) is 33.6 Å². The van der Waals surface area contributed by atoms with E-state index >= 15 is 0 Å². The number of anilines is 5. The molecule has 3 aromatic rings. The second kappa shape index (κ2) is 12.2. The minimum Gasteiger partial charge on any atom is -0.383 e. The molecule has 3 aliphatic rings. The summed E-state index contributed by atoms with van der Waals surface area (Å²) in [4.78, 5) is 31.1. The molecule has 10 heteroatoms. The Morgan fingerprint density at radius 1 is 1.05 bits per heavy atom. The average Bonchev–Trinajstić information content (AvgIpc) is 3.45. The molecular weight excluding hydrogens is 514 g/mol. The van der Waals surface area contributed by atoms with E-state index in [1.807, 2.05) is 0 Å². The summed E-state index contributed by atoms with van der Waals surface area (Å²) in [6.07, 6.45) is 15.7. The fourth-order valence-corrected chi connectivity index (χ4v) is 5.82. The second-order valence-electron chi connectivity index (χ2n) is 11.5. The number of likely N-dealkylation sites (N-methyl/N-ethyl adjacent to an activating group) is 1. The zero-order valence-corrected chi connectivity index (χ0v) is 23.7. The van der Waals surface area contributed by atoms with Crippen LogP contribution >= 0.6 is 0 Å². The molecule has 0 bridgehead atoms. The molecule has 0 spiro atoms. The van der Waals surface area contributed by atoms with Gasteiger partial charge in [-0.2, -0.15) is 4.98 Å². The smallest absolute Gasteiger partial charge is 0.320 e. The zero-order chi connectivity index (χ0) is 28.2. The van der Waals surface area contributed by atoms with Gasteiger partial charge in [-0.1, -0.05) is 25.2 Å². The number of carbonyl (C=O) groups is 1. The fraction of sp³-hybridized carbons (Fsp3) is 0.484. The Hall–Kier alpha value is -4.10. The first kappa shape index (κ1) is 27.1. The predicted molar refractivity (Wildman–Crippen MR) is 165 cm³/mol. The second-order valence-corrected chi connectivity index (χ2v) is 11.5. The van der Waals surface area contributed by atoms with Crippen LogP contribution < -0.4 is 26.2 Å². The molecule has 0 radical (unpaired) electrons. The van der Waals surface area contributed by atoms with Crippen molar-refractivity contribution in [2.75, 3.05) is 60.6 Å². The highest BCUT2D eigenvalue weighted by Gasteiger charge is 2.21. The van der Waals surface area contributed by atoms with Gasteiger partial charge in [0.05, 0.1) is 16.8 Å². The van der Waals surface area contributed by atoms with Crippen molar-refractivity contribution in [1.29, 1.82) is 0 Å². The summed E-state index contributed by atoms with van der Waals surface area (Å²) in [5.41, 5.74) is 4.25. The monoisotopic (exact) mass is 553 g/mol. The van der Waals surface area contributed by atoms with Gasteiger partial charge in [0.15, 0.2) is 5.65 Å². The van der Waals surface area contributed by atoms with E-state index in [2.05, 4.69) is 77.2 Å². The molecule has 3 fully saturated rings. The highest BCUT2D eigenvalue weighted by atomic mass is 16.2. The molecule has 2 saturated carbocycles. The van der Waals surface area contributed by atoms with E-state index in [0.717, 1.165) is 75.7 Å². The van der Waals surface area contributed by atoms with E-state index in [0.29, 0.717) is 28.4 Å². The van der Waals surface area contributed by atoms with Crippen LogP contribution in [-0.2, 0) is 0 Å². The van der Waals surface area contributed by atoms with Crippen molar-refractivity contribution in [2.24, 2.45) is 5.92 Å². The Morgan fingerprint density at radius 3 is 2.59 bits per heavy atom.